The molecule has 3 rings (SSSR count). The Balaban J connectivity index is 0.000000761. The molecule has 1 fully saturated rings. The quantitative estimate of drug-likeness (QED) is 0.280. The number of amides is 1. The molecule has 0 N–H and O–H groups in total. The van der Waals surface area contributed by atoms with Crippen LogP contribution in [0, 0.1) is 18.3 Å². The lowest BCUT2D eigenvalue weighted by molar-refractivity contribution is 0.0240. The Morgan fingerprint density at radius 1 is 1.00 bits per heavy atom. The first-order chi connectivity index (χ1) is 21.3. The van der Waals surface area contributed by atoms with Crippen molar-refractivity contribution in [2.75, 3.05) is 31.1 Å². The van der Waals surface area contributed by atoms with Gasteiger partial charge in [-0.25, -0.2) is 14.8 Å². The number of hydrogen-bond donors (Lipinski definition) is 0. The topological polar surface area (TPSA) is 82.3 Å². The summed E-state index contributed by atoms with van der Waals surface area (Å²) in [6.07, 6.45) is 12.3. The average Bonchev–Trinajstić information content (AvgIpc) is 2.99. The molecular weight excluding hydrogens is 582 g/mol. The fourth-order valence-corrected chi connectivity index (χ4v) is 4.64. The van der Waals surface area contributed by atoms with Crippen LogP contribution in [0.25, 0.3) is 5.57 Å². The number of benzene rings is 1. The zero-order valence-electron chi connectivity index (χ0n) is 30.1. The normalized spacial score (nSPS) is 12.8. The Labute approximate surface area is 280 Å². The van der Waals surface area contributed by atoms with E-state index >= 15 is 0 Å². The first-order valence-corrected chi connectivity index (χ1v) is 17.1. The number of anilines is 1. The standard InChI is InChI=1S/C18H28N4O2.C10H10ClN.C6H14.C3H8/c1-7-13(2)15-14(3)19-12-20-16(15)21-8-10-22(11-9-21)17(23)24-18(4,5)6;1-2-3-8-4-9(7-12)6-10(11)5-8;1-3-5-6-4-2;1-3-2/h7,12H,8-11H2,1-6H3;4-6H,2-3H2,1H3;3-6H2,1-2H3;3H2,1-2H3/b13-7-;;;. The van der Waals surface area contributed by atoms with Crippen LogP contribution >= 0.6 is 11.6 Å². The summed E-state index contributed by atoms with van der Waals surface area (Å²) in [5.41, 5.74) is 4.55. The number of nitriles is 1. The molecular formula is C37H60ClN5O2. The van der Waals surface area contributed by atoms with Gasteiger partial charge in [-0.05, 0) is 77.3 Å². The van der Waals surface area contributed by atoms with Crippen LogP contribution in [-0.4, -0.2) is 52.7 Å². The fourth-order valence-electron chi connectivity index (χ4n) is 4.38. The summed E-state index contributed by atoms with van der Waals surface area (Å²) >= 11 is 5.81. The Morgan fingerprint density at radius 3 is 2.04 bits per heavy atom. The van der Waals surface area contributed by atoms with Gasteiger partial charge in [0.05, 0.1) is 17.3 Å². The highest BCUT2D eigenvalue weighted by Crippen LogP contribution is 2.28. The molecule has 0 atom stereocenters. The molecule has 1 saturated heterocycles. The lowest BCUT2D eigenvalue weighted by atomic mass is 10.1. The van der Waals surface area contributed by atoms with Gasteiger partial charge in [-0.2, -0.15) is 5.26 Å². The van der Waals surface area contributed by atoms with Crippen molar-refractivity contribution in [3.8, 4) is 6.07 Å². The molecule has 0 spiro atoms. The fraction of sp³-hybridized carbons (Fsp3) is 0.622. The maximum atomic E-state index is 12.2. The molecule has 1 aliphatic heterocycles. The number of hydrogen-bond acceptors (Lipinski definition) is 6. The van der Waals surface area contributed by atoms with E-state index in [2.05, 4.69) is 68.6 Å². The zero-order valence-corrected chi connectivity index (χ0v) is 30.9. The summed E-state index contributed by atoms with van der Waals surface area (Å²) in [4.78, 5) is 25.0. The van der Waals surface area contributed by atoms with Crippen LogP contribution in [0.2, 0.25) is 5.02 Å². The Bertz CT molecular complexity index is 1190. The first kappa shape index (κ1) is 41.9. The highest BCUT2D eigenvalue weighted by molar-refractivity contribution is 6.30. The second-order valence-electron chi connectivity index (χ2n) is 12.2. The van der Waals surface area contributed by atoms with Crippen molar-refractivity contribution >= 4 is 29.1 Å². The maximum Gasteiger partial charge on any atom is 0.410 e. The number of ether oxygens (including phenoxy) is 1. The molecule has 2 aromatic rings. The smallest absolute Gasteiger partial charge is 0.410 e. The van der Waals surface area contributed by atoms with E-state index in [1.807, 2.05) is 46.8 Å². The van der Waals surface area contributed by atoms with Gasteiger partial charge in [0.25, 0.3) is 0 Å². The number of piperazine rings is 1. The highest BCUT2D eigenvalue weighted by atomic mass is 35.5. The molecule has 2 heterocycles. The lowest BCUT2D eigenvalue weighted by Gasteiger charge is -2.37. The SMILES string of the molecule is C/C=C(/C)c1c(C)ncnc1N1CCN(C(=O)OC(C)(C)C)CC1.CCC.CCCCCC.CCCc1cc(Cl)cc(C#N)c1. The number of halogens is 1. The number of nitrogens with zero attached hydrogens (tertiary/aromatic N) is 5. The summed E-state index contributed by atoms with van der Waals surface area (Å²) < 4.78 is 5.45. The summed E-state index contributed by atoms with van der Waals surface area (Å²) in [6, 6.07) is 7.56. The van der Waals surface area contributed by atoms with Gasteiger partial charge in [-0.1, -0.05) is 90.8 Å². The van der Waals surface area contributed by atoms with Crippen LogP contribution in [0.15, 0.2) is 30.6 Å². The number of carbonyl (C=O) groups is 1. The number of rotatable bonds is 7. The molecule has 0 saturated carbocycles. The molecule has 0 unspecified atom stereocenters. The van der Waals surface area contributed by atoms with Crippen molar-refractivity contribution in [1.29, 1.82) is 5.26 Å². The summed E-state index contributed by atoms with van der Waals surface area (Å²) in [6.45, 7) is 25.3. The van der Waals surface area contributed by atoms with Crippen LogP contribution < -0.4 is 4.90 Å². The van der Waals surface area contributed by atoms with Gasteiger partial charge >= 0.3 is 6.09 Å². The Kier molecular flexibility index (Phi) is 21.7. The third-order valence-corrected chi connectivity index (χ3v) is 6.88. The van der Waals surface area contributed by atoms with Gasteiger partial charge in [0.2, 0.25) is 0 Å². The van der Waals surface area contributed by atoms with Crippen molar-refractivity contribution in [3.63, 3.8) is 0 Å². The second-order valence-corrected chi connectivity index (χ2v) is 12.6. The molecule has 252 valence electrons. The van der Waals surface area contributed by atoms with E-state index in [4.69, 9.17) is 21.6 Å². The maximum absolute atomic E-state index is 12.2. The van der Waals surface area contributed by atoms with Gasteiger partial charge in [-0.3, -0.25) is 0 Å². The Hall–Kier alpha value is -3.11. The molecule has 0 bridgehead atoms. The van der Waals surface area contributed by atoms with Crippen molar-refractivity contribution < 1.29 is 9.53 Å². The summed E-state index contributed by atoms with van der Waals surface area (Å²) in [7, 11) is 0. The lowest BCUT2D eigenvalue weighted by Crippen LogP contribution is -2.50. The average molecular weight is 642 g/mol. The van der Waals surface area contributed by atoms with E-state index in [1.165, 1.54) is 32.1 Å². The third kappa shape index (κ3) is 17.2. The predicted octanol–water partition coefficient (Wildman–Crippen LogP) is 10.4. The van der Waals surface area contributed by atoms with Gasteiger partial charge in [0.1, 0.15) is 17.7 Å². The molecule has 45 heavy (non-hydrogen) atoms. The minimum absolute atomic E-state index is 0.245. The van der Waals surface area contributed by atoms with Crippen LogP contribution in [-0.2, 0) is 11.2 Å². The second kappa shape index (κ2) is 23.3. The minimum Gasteiger partial charge on any atom is -0.444 e. The van der Waals surface area contributed by atoms with Crippen LogP contribution in [0.1, 0.15) is 130 Å². The molecule has 1 aromatic carbocycles. The highest BCUT2D eigenvalue weighted by Gasteiger charge is 2.27. The van der Waals surface area contributed by atoms with E-state index in [1.54, 1.807) is 17.3 Å². The van der Waals surface area contributed by atoms with E-state index in [0.717, 1.165) is 54.1 Å². The molecule has 0 radical (unpaired) electrons. The van der Waals surface area contributed by atoms with Gasteiger partial charge in [-0.15, -0.1) is 0 Å². The molecule has 7 nitrogen and oxygen atoms in total. The van der Waals surface area contributed by atoms with Crippen molar-refractivity contribution in [2.24, 2.45) is 0 Å². The van der Waals surface area contributed by atoms with Crippen molar-refractivity contribution in [1.82, 2.24) is 14.9 Å². The van der Waals surface area contributed by atoms with Crippen LogP contribution in [0.4, 0.5) is 10.6 Å². The predicted molar refractivity (Wildman–Crippen MR) is 192 cm³/mol. The van der Waals surface area contributed by atoms with E-state index in [0.29, 0.717) is 23.7 Å². The minimum atomic E-state index is -0.464. The van der Waals surface area contributed by atoms with Crippen LogP contribution in [0.3, 0.4) is 0 Å². The van der Waals surface area contributed by atoms with Gasteiger partial charge < -0.3 is 14.5 Å². The summed E-state index contributed by atoms with van der Waals surface area (Å²) in [5, 5.41) is 9.30. The Morgan fingerprint density at radius 2 is 1.58 bits per heavy atom. The van der Waals surface area contributed by atoms with Gasteiger partial charge in [0.15, 0.2) is 0 Å². The largest absolute Gasteiger partial charge is 0.444 e. The third-order valence-electron chi connectivity index (χ3n) is 6.66. The van der Waals surface area contributed by atoms with Crippen molar-refractivity contribution in [3.05, 3.63) is 58.0 Å². The molecule has 1 amide bonds. The zero-order chi connectivity index (χ0) is 34.4. The number of aromatic nitrogens is 2. The van der Waals surface area contributed by atoms with Gasteiger partial charge in [0, 0.05) is 36.8 Å². The number of carbonyl (C=O) groups excluding carboxylic acids is 1. The number of unbranched alkanes of at least 4 members (excludes halogenated alkanes) is 3. The van der Waals surface area contributed by atoms with E-state index < -0.39 is 5.60 Å². The molecule has 1 aromatic heterocycles. The first-order valence-electron chi connectivity index (χ1n) is 16.7. The summed E-state index contributed by atoms with van der Waals surface area (Å²) in [5.74, 6) is 0.946. The molecule has 8 heteroatoms. The van der Waals surface area contributed by atoms with Crippen LogP contribution in [0.5, 0.6) is 0 Å². The number of allylic oxidation sites excluding steroid dienone is 2. The van der Waals surface area contributed by atoms with E-state index in [-0.39, 0.29) is 6.09 Å². The molecule has 1 aliphatic rings. The number of aryl methyl sites for hydroxylation is 2. The monoisotopic (exact) mass is 641 g/mol. The van der Waals surface area contributed by atoms with E-state index in [9.17, 15) is 4.79 Å². The van der Waals surface area contributed by atoms with Crippen molar-refractivity contribution in [2.45, 2.75) is 127 Å². The molecule has 0 aliphatic carbocycles.